The van der Waals surface area contributed by atoms with E-state index in [-0.39, 0.29) is 40.1 Å². The topological polar surface area (TPSA) is 104 Å². The Kier molecular flexibility index (Phi) is 4.37. The number of fused-ring (bicyclic) bond motifs is 4. The molecule has 0 spiro atoms. The van der Waals surface area contributed by atoms with Gasteiger partial charge in [-0.05, 0) is 43.6 Å². The van der Waals surface area contributed by atoms with E-state index in [9.17, 15) is 23.1 Å². The van der Waals surface area contributed by atoms with Gasteiger partial charge in [0.1, 0.15) is 11.5 Å². The third-order valence-corrected chi connectivity index (χ3v) is 6.35. The number of carboxylic acid groups (broad SMARTS) is 1. The normalized spacial score (nSPS) is 25.6. The first kappa shape index (κ1) is 18.8. The van der Waals surface area contributed by atoms with E-state index in [0.29, 0.717) is 6.07 Å². The average molecular weight is 417 g/mol. The second-order valence-corrected chi connectivity index (χ2v) is 7.98. The Hall–Kier alpha value is -3.17. The van der Waals surface area contributed by atoms with Crippen LogP contribution in [-0.4, -0.2) is 37.3 Å². The van der Waals surface area contributed by atoms with Crippen LogP contribution in [0.2, 0.25) is 0 Å². The van der Waals surface area contributed by atoms with Gasteiger partial charge < -0.3 is 10.4 Å². The predicted molar refractivity (Wildman–Crippen MR) is 101 cm³/mol. The van der Waals surface area contributed by atoms with Gasteiger partial charge in [-0.1, -0.05) is 0 Å². The maximum Gasteiger partial charge on any atom is 0.308 e. The highest BCUT2D eigenvalue weighted by Gasteiger charge is 2.47. The van der Waals surface area contributed by atoms with Crippen molar-refractivity contribution in [1.82, 2.24) is 20.2 Å². The third-order valence-electron chi connectivity index (χ3n) is 6.35. The Bertz CT molecular complexity index is 1140. The summed E-state index contributed by atoms with van der Waals surface area (Å²) in [5.74, 6) is -4.21. The molecule has 3 aromatic heterocycles. The molecule has 3 heterocycles. The van der Waals surface area contributed by atoms with Gasteiger partial charge in [-0.25, -0.2) is 23.1 Å². The zero-order valence-electron chi connectivity index (χ0n) is 15.7. The number of nitrogens with one attached hydrogen (secondary N) is 2. The van der Waals surface area contributed by atoms with E-state index in [4.69, 9.17) is 0 Å². The maximum atomic E-state index is 14.6. The Morgan fingerprint density at radius 3 is 2.57 bits per heavy atom. The molecule has 0 aliphatic heterocycles. The highest BCUT2D eigenvalue weighted by atomic mass is 19.1. The lowest BCUT2D eigenvalue weighted by Gasteiger charge is -2.47. The minimum atomic E-state index is -0.951. The average Bonchev–Trinajstić information content (AvgIpc) is 3.13. The Labute approximate surface area is 168 Å². The van der Waals surface area contributed by atoms with E-state index in [1.165, 1.54) is 0 Å². The zero-order valence-corrected chi connectivity index (χ0v) is 15.7. The lowest BCUT2D eigenvalue weighted by molar-refractivity contribution is -0.148. The number of aliphatic carboxylic acids is 1. The van der Waals surface area contributed by atoms with E-state index in [2.05, 4.69) is 25.5 Å². The molecule has 0 aromatic carbocycles. The van der Waals surface area contributed by atoms with Crippen molar-refractivity contribution in [3.8, 4) is 11.4 Å². The Morgan fingerprint density at radius 2 is 1.83 bits per heavy atom. The molecule has 7 nitrogen and oxygen atoms in total. The molecule has 3 aliphatic carbocycles. The number of carbonyl (C=O) groups is 1. The number of pyridine rings is 2. The monoisotopic (exact) mass is 417 g/mol. The quantitative estimate of drug-likeness (QED) is 0.598. The molecule has 0 radical (unpaired) electrons. The molecule has 2 atom stereocenters. The number of halogens is 3. The first-order chi connectivity index (χ1) is 14.4. The molecule has 3 saturated carbocycles. The van der Waals surface area contributed by atoms with Crippen LogP contribution < -0.4 is 5.32 Å². The fourth-order valence-electron chi connectivity index (χ4n) is 4.97. The van der Waals surface area contributed by atoms with Gasteiger partial charge in [0.15, 0.2) is 23.1 Å². The summed E-state index contributed by atoms with van der Waals surface area (Å²) in [6, 6.07) is 1.33. The van der Waals surface area contributed by atoms with Crippen LogP contribution in [0.5, 0.6) is 0 Å². The summed E-state index contributed by atoms with van der Waals surface area (Å²) in [6.45, 7) is 0. The van der Waals surface area contributed by atoms with Crippen LogP contribution in [0, 0.1) is 35.2 Å². The molecule has 6 rings (SSSR count). The molecule has 3 N–H and O–H groups in total. The lowest BCUT2D eigenvalue weighted by Crippen LogP contribution is -2.51. The molecule has 156 valence electrons. The van der Waals surface area contributed by atoms with Gasteiger partial charge in [0.2, 0.25) is 0 Å². The minimum Gasteiger partial charge on any atom is -0.481 e. The van der Waals surface area contributed by atoms with Gasteiger partial charge in [0.25, 0.3) is 0 Å². The van der Waals surface area contributed by atoms with Crippen molar-refractivity contribution in [2.75, 3.05) is 5.32 Å². The summed E-state index contributed by atoms with van der Waals surface area (Å²) in [6.07, 6.45) is 4.38. The first-order valence-electron chi connectivity index (χ1n) is 9.77. The highest BCUT2D eigenvalue weighted by Crippen LogP contribution is 2.46. The molecular formula is C20H18F3N5O2. The first-order valence-corrected chi connectivity index (χ1v) is 9.77. The fraction of sp³-hybridized carbons (Fsp3) is 0.400. The standard InChI is InChI=1S/C20H18F3N5O2/c21-10-5-11-16(27-28-18(11)24-7-10)17-12(22)6-13(23)19(26-17)25-15-9-3-1-8(2-4-9)14(15)20(29)30/h5-9,14-15H,1-4H2,(H,25,26)(H,29,30)(H,24,27,28)/t8?,9?,14-,15?/m0/s1. The van der Waals surface area contributed by atoms with Crippen molar-refractivity contribution >= 4 is 22.8 Å². The summed E-state index contributed by atoms with van der Waals surface area (Å²) in [5.41, 5.74) is -0.0129. The van der Waals surface area contributed by atoms with Crippen molar-refractivity contribution < 1.29 is 23.1 Å². The number of hydrogen-bond acceptors (Lipinski definition) is 5. The number of rotatable bonds is 4. The van der Waals surface area contributed by atoms with Crippen LogP contribution in [0.4, 0.5) is 19.0 Å². The molecular weight excluding hydrogens is 399 g/mol. The SMILES string of the molecule is O=C(O)[C@H]1C2CCC(CC2)C1Nc1nc(-c2[nH]nc3ncc(F)cc23)c(F)cc1F. The number of H-pyrrole nitrogens is 1. The molecule has 0 amide bonds. The van der Waals surface area contributed by atoms with Gasteiger partial charge in [-0.3, -0.25) is 9.89 Å². The van der Waals surface area contributed by atoms with E-state index < -0.39 is 35.4 Å². The van der Waals surface area contributed by atoms with Gasteiger partial charge in [-0.2, -0.15) is 5.10 Å². The zero-order chi connectivity index (χ0) is 21.0. The number of aromatic nitrogens is 4. The number of aromatic amines is 1. The number of hydrogen-bond donors (Lipinski definition) is 3. The van der Waals surface area contributed by atoms with Crippen LogP contribution in [-0.2, 0) is 4.79 Å². The van der Waals surface area contributed by atoms with Gasteiger partial charge >= 0.3 is 5.97 Å². The van der Waals surface area contributed by atoms with Crippen molar-refractivity contribution in [3.05, 3.63) is 35.8 Å². The van der Waals surface area contributed by atoms with E-state index in [1.54, 1.807) is 0 Å². The molecule has 3 fully saturated rings. The van der Waals surface area contributed by atoms with E-state index in [1.807, 2.05) is 0 Å². The Balaban J connectivity index is 1.55. The molecule has 1 unspecified atom stereocenters. The van der Waals surface area contributed by atoms with Crippen LogP contribution in [0.1, 0.15) is 25.7 Å². The predicted octanol–water partition coefficient (Wildman–Crippen LogP) is 3.74. The summed E-state index contributed by atoms with van der Waals surface area (Å²) in [5, 5.41) is 19.3. The smallest absolute Gasteiger partial charge is 0.308 e. The van der Waals surface area contributed by atoms with Crippen LogP contribution >= 0.6 is 0 Å². The van der Waals surface area contributed by atoms with E-state index in [0.717, 1.165) is 37.9 Å². The summed E-state index contributed by atoms with van der Waals surface area (Å²) >= 11 is 0. The van der Waals surface area contributed by atoms with Crippen molar-refractivity contribution in [3.63, 3.8) is 0 Å². The van der Waals surface area contributed by atoms with Crippen molar-refractivity contribution in [2.24, 2.45) is 17.8 Å². The molecule has 0 saturated heterocycles. The second kappa shape index (κ2) is 6.96. The molecule has 10 heteroatoms. The van der Waals surface area contributed by atoms with E-state index >= 15 is 0 Å². The maximum absolute atomic E-state index is 14.6. The molecule has 2 bridgehead atoms. The number of anilines is 1. The van der Waals surface area contributed by atoms with Gasteiger partial charge in [0.05, 0.1) is 23.2 Å². The summed E-state index contributed by atoms with van der Waals surface area (Å²) < 4.78 is 42.8. The van der Waals surface area contributed by atoms with Gasteiger partial charge in [0, 0.05) is 12.1 Å². The minimum absolute atomic E-state index is 0.0265. The molecule has 30 heavy (non-hydrogen) atoms. The molecule has 3 aromatic rings. The van der Waals surface area contributed by atoms with Crippen LogP contribution in [0.25, 0.3) is 22.4 Å². The second-order valence-electron chi connectivity index (χ2n) is 7.98. The fourth-order valence-corrected chi connectivity index (χ4v) is 4.97. The summed E-state index contributed by atoms with van der Waals surface area (Å²) in [7, 11) is 0. The van der Waals surface area contributed by atoms with Gasteiger partial charge in [-0.15, -0.1) is 0 Å². The van der Waals surface area contributed by atoms with Crippen LogP contribution in [0.15, 0.2) is 18.3 Å². The Morgan fingerprint density at radius 1 is 1.10 bits per heavy atom. The summed E-state index contributed by atoms with van der Waals surface area (Å²) in [4.78, 5) is 19.8. The third kappa shape index (κ3) is 2.98. The number of carboxylic acids is 1. The van der Waals surface area contributed by atoms with Crippen molar-refractivity contribution in [2.45, 2.75) is 31.7 Å². The van der Waals surface area contributed by atoms with Crippen molar-refractivity contribution in [1.29, 1.82) is 0 Å². The molecule has 3 aliphatic rings. The lowest BCUT2D eigenvalue weighted by atomic mass is 9.61. The highest BCUT2D eigenvalue weighted by molar-refractivity contribution is 5.90. The number of nitrogens with zero attached hydrogens (tertiary/aromatic N) is 3. The largest absolute Gasteiger partial charge is 0.481 e. The van der Waals surface area contributed by atoms with Crippen LogP contribution in [0.3, 0.4) is 0 Å².